The van der Waals surface area contributed by atoms with E-state index in [4.69, 9.17) is 0 Å². The Balaban J connectivity index is 0.000000606. The molecule has 1 unspecified atom stereocenters. The lowest BCUT2D eigenvalue weighted by Crippen LogP contribution is -2.43. The minimum atomic E-state index is -3.16. The van der Waals surface area contributed by atoms with E-state index in [0.29, 0.717) is 0 Å². The van der Waals surface area contributed by atoms with Crippen molar-refractivity contribution in [3.63, 3.8) is 0 Å². The molecular formula is C12H18NO2S+. The van der Waals surface area contributed by atoms with Gasteiger partial charge in [0.15, 0.2) is 5.69 Å². The van der Waals surface area contributed by atoms with Crippen molar-refractivity contribution in [3.8, 4) is 0 Å². The zero-order valence-corrected chi connectivity index (χ0v) is 11.0. The highest BCUT2D eigenvalue weighted by molar-refractivity contribution is 7.90. The standard InChI is InChI=1S/C10H12NO2S.C2H6/c1-11(14(2,12)13)8-7-9-5-3-4-6-10(9)11;1-2/h3-8H,1-2H3;1-2H3/q+1;. The Labute approximate surface area is 97.7 Å². The first kappa shape index (κ1) is 12.9. The van der Waals surface area contributed by atoms with Gasteiger partial charge in [-0.25, -0.2) is 0 Å². The number of quaternary nitrogens is 1. The lowest BCUT2D eigenvalue weighted by molar-refractivity contribution is 0.542. The summed E-state index contributed by atoms with van der Waals surface area (Å²) >= 11 is 0. The molecule has 0 spiro atoms. The highest BCUT2D eigenvalue weighted by Gasteiger charge is 2.39. The van der Waals surface area contributed by atoms with E-state index in [1.807, 2.05) is 44.2 Å². The summed E-state index contributed by atoms with van der Waals surface area (Å²) in [7, 11) is -1.49. The van der Waals surface area contributed by atoms with Gasteiger partial charge in [0, 0.05) is 17.7 Å². The normalized spacial score (nSPS) is 22.2. The Bertz CT molecular complexity index is 506. The van der Waals surface area contributed by atoms with E-state index in [1.165, 1.54) is 6.26 Å². The SMILES string of the molecule is CC.C[N+]1(S(C)(=O)=O)C=Cc2ccccc21. The quantitative estimate of drug-likeness (QED) is 0.707. The average molecular weight is 240 g/mol. The van der Waals surface area contributed by atoms with Crippen molar-refractivity contribution < 1.29 is 8.42 Å². The van der Waals surface area contributed by atoms with Crippen molar-refractivity contribution in [2.24, 2.45) is 0 Å². The predicted molar refractivity (Wildman–Crippen MR) is 69.4 cm³/mol. The second-order valence-corrected chi connectivity index (χ2v) is 5.82. The third-order valence-corrected chi connectivity index (χ3v) is 4.34. The van der Waals surface area contributed by atoms with Gasteiger partial charge in [0.05, 0.1) is 13.3 Å². The maximum atomic E-state index is 11.6. The van der Waals surface area contributed by atoms with Gasteiger partial charge in [-0.1, -0.05) is 26.0 Å². The topological polar surface area (TPSA) is 34.1 Å². The lowest BCUT2D eigenvalue weighted by Gasteiger charge is -2.23. The van der Waals surface area contributed by atoms with Crippen molar-refractivity contribution in [2.75, 3.05) is 13.3 Å². The molecule has 1 heterocycles. The largest absolute Gasteiger partial charge is 0.303 e. The molecule has 1 aromatic carbocycles. The van der Waals surface area contributed by atoms with Crippen LogP contribution in [0, 0.1) is 0 Å². The third-order valence-electron chi connectivity index (χ3n) is 2.64. The van der Waals surface area contributed by atoms with Crippen LogP contribution in [0.5, 0.6) is 0 Å². The summed E-state index contributed by atoms with van der Waals surface area (Å²) in [5.41, 5.74) is 1.79. The molecule has 0 aliphatic carbocycles. The van der Waals surface area contributed by atoms with Crippen LogP contribution in [0.3, 0.4) is 0 Å². The summed E-state index contributed by atoms with van der Waals surface area (Å²) in [5, 5.41) is 0. The summed E-state index contributed by atoms with van der Waals surface area (Å²) in [4.78, 5) is 0. The Hall–Kier alpha value is -1.13. The summed E-state index contributed by atoms with van der Waals surface area (Å²) in [6.45, 7) is 4.00. The molecule has 1 atom stereocenters. The van der Waals surface area contributed by atoms with Gasteiger partial charge in [0.2, 0.25) is 0 Å². The Morgan fingerprint density at radius 2 is 1.69 bits per heavy atom. The van der Waals surface area contributed by atoms with E-state index >= 15 is 0 Å². The van der Waals surface area contributed by atoms with Gasteiger partial charge in [-0.2, -0.15) is 12.3 Å². The van der Waals surface area contributed by atoms with E-state index in [-0.39, 0.29) is 3.89 Å². The molecule has 0 fully saturated rings. The zero-order chi connectivity index (χ0) is 12.4. The molecule has 0 aromatic heterocycles. The van der Waals surface area contributed by atoms with Gasteiger partial charge in [-0.15, -0.1) is 0 Å². The Morgan fingerprint density at radius 1 is 1.12 bits per heavy atom. The number of nitrogens with zero attached hydrogens (tertiary/aromatic N) is 1. The fourth-order valence-corrected chi connectivity index (χ4v) is 2.43. The van der Waals surface area contributed by atoms with Gasteiger partial charge >= 0.3 is 10.0 Å². The van der Waals surface area contributed by atoms with Crippen LogP contribution in [0.15, 0.2) is 30.5 Å². The van der Waals surface area contributed by atoms with Crippen LogP contribution in [0.2, 0.25) is 0 Å². The van der Waals surface area contributed by atoms with Crippen molar-refractivity contribution >= 4 is 21.8 Å². The number of benzene rings is 1. The fourth-order valence-electron chi connectivity index (χ4n) is 1.62. The van der Waals surface area contributed by atoms with Crippen LogP contribution in [0.25, 0.3) is 6.08 Å². The van der Waals surface area contributed by atoms with Gasteiger partial charge in [0.25, 0.3) is 0 Å². The molecule has 0 radical (unpaired) electrons. The van der Waals surface area contributed by atoms with Crippen molar-refractivity contribution in [2.45, 2.75) is 13.8 Å². The molecule has 0 bridgehead atoms. The van der Waals surface area contributed by atoms with Gasteiger partial charge in [-0.05, 0) is 6.07 Å². The van der Waals surface area contributed by atoms with Crippen molar-refractivity contribution in [3.05, 3.63) is 36.0 Å². The van der Waals surface area contributed by atoms with Crippen LogP contribution in [-0.4, -0.2) is 21.7 Å². The third kappa shape index (κ3) is 1.90. The average Bonchev–Trinajstić information content (AvgIpc) is 2.61. The van der Waals surface area contributed by atoms with Crippen LogP contribution in [-0.2, 0) is 10.0 Å². The monoisotopic (exact) mass is 240 g/mol. The fraction of sp³-hybridized carbons (Fsp3) is 0.333. The number of hydrogen-bond acceptors (Lipinski definition) is 2. The first-order valence-corrected chi connectivity index (χ1v) is 7.15. The molecule has 1 aromatic rings. The van der Waals surface area contributed by atoms with E-state index in [0.717, 1.165) is 11.3 Å². The molecule has 0 N–H and O–H groups in total. The van der Waals surface area contributed by atoms with E-state index in [9.17, 15) is 8.42 Å². The molecular weight excluding hydrogens is 222 g/mol. The van der Waals surface area contributed by atoms with Crippen LogP contribution in [0.1, 0.15) is 19.4 Å². The summed E-state index contributed by atoms with van der Waals surface area (Å²) in [6.07, 6.45) is 4.79. The van der Waals surface area contributed by atoms with Crippen molar-refractivity contribution in [1.82, 2.24) is 3.89 Å². The molecule has 0 amide bonds. The Kier molecular flexibility index (Phi) is 3.55. The van der Waals surface area contributed by atoms with Crippen LogP contribution >= 0.6 is 0 Å². The van der Waals surface area contributed by atoms with Crippen LogP contribution < -0.4 is 3.89 Å². The molecule has 88 valence electrons. The minimum absolute atomic E-state index is 0.136. The molecule has 4 heteroatoms. The van der Waals surface area contributed by atoms with Crippen molar-refractivity contribution in [1.29, 1.82) is 0 Å². The maximum absolute atomic E-state index is 11.6. The molecule has 3 nitrogen and oxygen atoms in total. The van der Waals surface area contributed by atoms with Crippen LogP contribution in [0.4, 0.5) is 5.69 Å². The maximum Gasteiger partial charge on any atom is 0.303 e. The van der Waals surface area contributed by atoms with Gasteiger partial charge in [0.1, 0.15) is 6.20 Å². The second-order valence-electron chi connectivity index (χ2n) is 3.60. The molecule has 1 aliphatic rings. The molecule has 0 saturated heterocycles. The van der Waals surface area contributed by atoms with Gasteiger partial charge in [-0.3, -0.25) is 0 Å². The summed E-state index contributed by atoms with van der Waals surface area (Å²) in [6, 6.07) is 7.52. The molecule has 1 aliphatic heterocycles. The summed E-state index contributed by atoms with van der Waals surface area (Å²) in [5.74, 6) is 0. The first-order valence-electron chi connectivity index (χ1n) is 5.30. The number of sulfonamides is 1. The molecule has 16 heavy (non-hydrogen) atoms. The van der Waals surface area contributed by atoms with Gasteiger partial charge < -0.3 is 0 Å². The zero-order valence-electron chi connectivity index (χ0n) is 10.1. The highest BCUT2D eigenvalue weighted by Crippen LogP contribution is 2.35. The van der Waals surface area contributed by atoms with E-state index < -0.39 is 10.0 Å². The van der Waals surface area contributed by atoms with E-state index in [2.05, 4.69) is 0 Å². The Morgan fingerprint density at radius 3 is 2.25 bits per heavy atom. The predicted octanol–water partition coefficient (Wildman–Crippen LogP) is 2.59. The highest BCUT2D eigenvalue weighted by atomic mass is 32.2. The summed E-state index contributed by atoms with van der Waals surface area (Å²) < 4.78 is 23.1. The first-order chi connectivity index (χ1) is 7.45. The lowest BCUT2D eigenvalue weighted by atomic mass is 10.2. The number of fused-ring (bicyclic) bond motifs is 1. The second kappa shape index (κ2) is 4.39. The molecule has 0 saturated carbocycles. The smallest absolute Gasteiger partial charge is 0.173 e. The minimum Gasteiger partial charge on any atom is -0.173 e. The number of hydrogen-bond donors (Lipinski definition) is 0. The number of para-hydroxylation sites is 1. The number of rotatable bonds is 1. The van der Waals surface area contributed by atoms with E-state index in [1.54, 1.807) is 13.2 Å². The molecule has 2 rings (SSSR count).